The number of aromatic nitrogens is 2. The van der Waals surface area contributed by atoms with Gasteiger partial charge in [-0.1, -0.05) is 17.7 Å². The summed E-state index contributed by atoms with van der Waals surface area (Å²) in [6, 6.07) is 3.91. The van der Waals surface area contributed by atoms with Crippen LogP contribution in [0.2, 0.25) is 5.15 Å². The molecule has 0 aliphatic heterocycles. The molecule has 2 rings (SSSR count). The number of thiophene rings is 1. The third-order valence-electron chi connectivity index (χ3n) is 1.55. The van der Waals surface area contributed by atoms with E-state index in [-0.39, 0.29) is 5.95 Å². The van der Waals surface area contributed by atoms with Crippen molar-refractivity contribution in [2.24, 2.45) is 0 Å². The fourth-order valence-corrected chi connectivity index (χ4v) is 2.00. The molecule has 0 saturated carbocycles. The predicted octanol–water partition coefficient (Wildman–Crippen LogP) is 2.44. The van der Waals surface area contributed by atoms with Gasteiger partial charge >= 0.3 is 0 Å². The van der Waals surface area contributed by atoms with Crippen molar-refractivity contribution in [2.45, 2.75) is 0 Å². The molecule has 0 radical (unpaired) electrons. The summed E-state index contributed by atoms with van der Waals surface area (Å²) >= 11 is 7.49. The quantitative estimate of drug-likeness (QED) is 0.738. The zero-order valence-electron chi connectivity index (χ0n) is 6.57. The second kappa shape index (κ2) is 3.32. The van der Waals surface area contributed by atoms with Crippen LogP contribution in [0.25, 0.3) is 10.4 Å². The summed E-state index contributed by atoms with van der Waals surface area (Å²) in [5.74, 6) is 0.199. The average Bonchev–Trinajstić information content (AvgIpc) is 2.56. The highest BCUT2D eigenvalue weighted by Crippen LogP contribution is 2.29. The number of hydrogen-bond acceptors (Lipinski definition) is 4. The molecule has 2 aromatic heterocycles. The Balaban J connectivity index is 2.53. The highest BCUT2D eigenvalue weighted by Gasteiger charge is 2.06. The van der Waals surface area contributed by atoms with Crippen molar-refractivity contribution in [2.75, 3.05) is 5.73 Å². The SMILES string of the molecule is Nc1ncc(-c2cccs2)c(Cl)n1. The summed E-state index contributed by atoms with van der Waals surface area (Å²) in [4.78, 5) is 8.80. The maximum Gasteiger partial charge on any atom is 0.221 e. The van der Waals surface area contributed by atoms with E-state index in [4.69, 9.17) is 17.3 Å². The van der Waals surface area contributed by atoms with Crippen LogP contribution in [0, 0.1) is 0 Å². The molecular weight excluding hydrogens is 206 g/mol. The lowest BCUT2D eigenvalue weighted by molar-refractivity contribution is 1.19. The summed E-state index contributed by atoms with van der Waals surface area (Å²) < 4.78 is 0. The lowest BCUT2D eigenvalue weighted by Gasteiger charge is -1.99. The molecule has 2 heterocycles. The lowest BCUT2D eigenvalue weighted by Crippen LogP contribution is -1.94. The van der Waals surface area contributed by atoms with Crippen LogP contribution in [-0.2, 0) is 0 Å². The second-order valence-corrected chi connectivity index (χ2v) is 3.72. The first-order valence-electron chi connectivity index (χ1n) is 3.59. The number of nitrogen functional groups attached to an aromatic ring is 1. The van der Waals surface area contributed by atoms with Crippen LogP contribution >= 0.6 is 22.9 Å². The third kappa shape index (κ3) is 1.64. The standard InChI is InChI=1S/C8H6ClN3S/c9-7-5(4-11-8(10)12-7)6-2-1-3-13-6/h1-4H,(H2,10,11,12). The molecule has 0 aliphatic carbocycles. The van der Waals surface area contributed by atoms with Crippen LogP contribution in [0.1, 0.15) is 0 Å². The summed E-state index contributed by atoms with van der Waals surface area (Å²) in [5.41, 5.74) is 6.20. The Labute approximate surface area is 84.2 Å². The summed E-state index contributed by atoms with van der Waals surface area (Å²) in [5, 5.41) is 2.37. The minimum absolute atomic E-state index is 0.199. The topological polar surface area (TPSA) is 51.8 Å². The van der Waals surface area contributed by atoms with Gasteiger partial charge in [-0.3, -0.25) is 0 Å². The number of rotatable bonds is 1. The van der Waals surface area contributed by atoms with Gasteiger partial charge < -0.3 is 5.73 Å². The van der Waals surface area contributed by atoms with E-state index in [0.29, 0.717) is 5.15 Å². The number of nitrogens with zero attached hydrogens (tertiary/aromatic N) is 2. The second-order valence-electron chi connectivity index (χ2n) is 2.41. The summed E-state index contributed by atoms with van der Waals surface area (Å²) in [6.07, 6.45) is 1.64. The van der Waals surface area contributed by atoms with E-state index in [0.717, 1.165) is 10.4 Å². The maximum atomic E-state index is 5.90. The molecule has 2 N–H and O–H groups in total. The fourth-order valence-electron chi connectivity index (χ4n) is 0.971. The molecule has 5 heteroatoms. The van der Waals surface area contributed by atoms with E-state index in [9.17, 15) is 0 Å². The van der Waals surface area contributed by atoms with E-state index in [1.165, 1.54) is 0 Å². The Hall–Kier alpha value is -1.13. The van der Waals surface area contributed by atoms with E-state index in [1.54, 1.807) is 17.5 Å². The van der Waals surface area contributed by atoms with Gasteiger partial charge in [0.15, 0.2) is 0 Å². The molecule has 0 bridgehead atoms. The van der Waals surface area contributed by atoms with E-state index < -0.39 is 0 Å². The number of halogens is 1. The van der Waals surface area contributed by atoms with Gasteiger partial charge in [-0.05, 0) is 11.4 Å². The molecule has 0 aromatic carbocycles. The van der Waals surface area contributed by atoms with E-state index >= 15 is 0 Å². The van der Waals surface area contributed by atoms with E-state index in [1.807, 2.05) is 17.5 Å². The van der Waals surface area contributed by atoms with Crippen molar-refractivity contribution in [3.63, 3.8) is 0 Å². The zero-order chi connectivity index (χ0) is 9.26. The van der Waals surface area contributed by atoms with Crippen molar-refractivity contribution in [3.05, 3.63) is 28.9 Å². The Morgan fingerprint density at radius 2 is 2.31 bits per heavy atom. The van der Waals surface area contributed by atoms with Gasteiger partial charge in [-0.2, -0.15) is 0 Å². The van der Waals surface area contributed by atoms with Gasteiger partial charge in [0.1, 0.15) is 5.15 Å². The predicted molar refractivity (Wildman–Crippen MR) is 54.8 cm³/mol. The first-order valence-corrected chi connectivity index (χ1v) is 4.85. The van der Waals surface area contributed by atoms with Gasteiger partial charge in [0.05, 0.1) is 0 Å². The van der Waals surface area contributed by atoms with Crippen LogP contribution in [-0.4, -0.2) is 9.97 Å². The monoisotopic (exact) mass is 211 g/mol. The Bertz CT molecular complexity index is 413. The van der Waals surface area contributed by atoms with Gasteiger partial charge in [0.2, 0.25) is 5.95 Å². The van der Waals surface area contributed by atoms with Crippen LogP contribution < -0.4 is 5.73 Å². The molecule has 2 aromatic rings. The largest absolute Gasteiger partial charge is 0.368 e. The number of anilines is 1. The van der Waals surface area contributed by atoms with Gasteiger partial charge in [0.25, 0.3) is 0 Å². The smallest absolute Gasteiger partial charge is 0.221 e. The molecule has 0 atom stereocenters. The van der Waals surface area contributed by atoms with Crippen LogP contribution in [0.5, 0.6) is 0 Å². The first kappa shape index (κ1) is 8.47. The molecule has 0 unspecified atom stereocenters. The molecule has 0 saturated heterocycles. The molecule has 0 fully saturated rings. The third-order valence-corrected chi connectivity index (χ3v) is 2.74. The number of hydrogen-bond donors (Lipinski definition) is 1. The molecule has 0 spiro atoms. The molecule has 0 aliphatic rings. The summed E-state index contributed by atoms with van der Waals surface area (Å²) in [7, 11) is 0. The van der Waals surface area contributed by atoms with Gasteiger partial charge in [0, 0.05) is 16.6 Å². The highest BCUT2D eigenvalue weighted by atomic mass is 35.5. The molecule has 0 amide bonds. The van der Waals surface area contributed by atoms with Crippen molar-refractivity contribution >= 4 is 28.9 Å². The number of nitrogens with two attached hydrogens (primary N) is 1. The average molecular weight is 212 g/mol. The molecular formula is C8H6ClN3S. The molecule has 3 nitrogen and oxygen atoms in total. The van der Waals surface area contributed by atoms with E-state index in [2.05, 4.69) is 9.97 Å². The van der Waals surface area contributed by atoms with Crippen molar-refractivity contribution < 1.29 is 0 Å². The fraction of sp³-hybridized carbons (Fsp3) is 0. The zero-order valence-corrected chi connectivity index (χ0v) is 8.14. The van der Waals surface area contributed by atoms with Crippen LogP contribution in [0.4, 0.5) is 5.95 Å². The Morgan fingerprint density at radius 3 is 2.92 bits per heavy atom. The molecule has 66 valence electrons. The van der Waals surface area contributed by atoms with Gasteiger partial charge in [-0.15, -0.1) is 11.3 Å². The maximum absolute atomic E-state index is 5.90. The summed E-state index contributed by atoms with van der Waals surface area (Å²) in [6.45, 7) is 0. The van der Waals surface area contributed by atoms with Crippen molar-refractivity contribution in [3.8, 4) is 10.4 Å². The minimum atomic E-state index is 0.199. The Morgan fingerprint density at radius 1 is 1.46 bits per heavy atom. The van der Waals surface area contributed by atoms with Crippen LogP contribution in [0.15, 0.2) is 23.7 Å². The molecule has 13 heavy (non-hydrogen) atoms. The van der Waals surface area contributed by atoms with Crippen molar-refractivity contribution in [1.82, 2.24) is 9.97 Å². The van der Waals surface area contributed by atoms with Gasteiger partial charge in [-0.25, -0.2) is 9.97 Å². The Kier molecular flexibility index (Phi) is 2.16. The van der Waals surface area contributed by atoms with Crippen LogP contribution in [0.3, 0.4) is 0 Å². The van der Waals surface area contributed by atoms with Crippen molar-refractivity contribution in [1.29, 1.82) is 0 Å². The minimum Gasteiger partial charge on any atom is -0.368 e. The first-order chi connectivity index (χ1) is 6.27. The normalized spacial score (nSPS) is 10.2. The lowest BCUT2D eigenvalue weighted by atomic mass is 10.3. The highest BCUT2D eigenvalue weighted by molar-refractivity contribution is 7.13.